The Balaban J connectivity index is 2.43. The maximum atomic E-state index is 11.2. The van der Waals surface area contributed by atoms with Crippen molar-refractivity contribution >= 4 is 11.4 Å². The van der Waals surface area contributed by atoms with Gasteiger partial charge in [-0.25, -0.2) is 0 Å². The van der Waals surface area contributed by atoms with Gasteiger partial charge in [0.25, 0.3) is 5.69 Å². The van der Waals surface area contributed by atoms with Crippen LogP contribution < -0.4 is 5.32 Å². The summed E-state index contributed by atoms with van der Waals surface area (Å²) in [6.45, 7) is 5.27. The highest BCUT2D eigenvalue weighted by Crippen LogP contribution is 2.32. The van der Waals surface area contributed by atoms with Crippen molar-refractivity contribution in [3.8, 4) is 0 Å². The number of benzene rings is 2. The Morgan fingerprint density at radius 1 is 1.14 bits per heavy atom. The number of nitrogens with zero attached hydrogens (tertiary/aromatic N) is 1. The summed E-state index contributed by atoms with van der Waals surface area (Å²) in [4.78, 5) is 10.7. The summed E-state index contributed by atoms with van der Waals surface area (Å²) in [6.07, 6.45) is 0. The molecule has 0 heterocycles. The molecule has 1 unspecified atom stereocenters. The minimum Gasteiger partial charge on any atom is -0.367 e. The number of nitro benzene ring substituents is 1. The fourth-order valence-corrected chi connectivity index (χ4v) is 2.15. The van der Waals surface area contributed by atoms with Crippen LogP contribution in [-0.4, -0.2) is 10.0 Å². The number of nitro groups is 1. The van der Waals surface area contributed by atoms with Crippen LogP contribution in [0, 0.1) is 24.0 Å². The first-order valence-corrected chi connectivity index (χ1v) is 6.63. The monoisotopic (exact) mass is 286 g/mol. The third-order valence-electron chi connectivity index (χ3n) is 3.52. The van der Waals surface area contributed by atoms with Crippen molar-refractivity contribution in [2.75, 3.05) is 5.32 Å². The van der Waals surface area contributed by atoms with E-state index in [0.29, 0.717) is 11.3 Å². The van der Waals surface area contributed by atoms with Crippen LogP contribution in [0.2, 0.25) is 0 Å². The standard InChI is InChI=1S/C16H18N2O3/c1-11-9-14(15(18(20)21)10-12(11)2)17-16(3,19)13-7-5-4-6-8-13/h4-10,17,19H,1-3H3. The van der Waals surface area contributed by atoms with E-state index in [4.69, 9.17) is 0 Å². The Hall–Kier alpha value is -2.40. The van der Waals surface area contributed by atoms with Crippen LogP contribution in [-0.2, 0) is 5.72 Å². The zero-order valence-corrected chi connectivity index (χ0v) is 12.3. The summed E-state index contributed by atoms with van der Waals surface area (Å²) in [5.74, 6) is 0. The molecule has 0 aliphatic heterocycles. The van der Waals surface area contributed by atoms with Crippen LogP contribution in [0.3, 0.4) is 0 Å². The van der Waals surface area contributed by atoms with Gasteiger partial charge in [0.05, 0.1) is 4.92 Å². The molecule has 110 valence electrons. The Morgan fingerprint density at radius 3 is 2.29 bits per heavy atom. The minimum atomic E-state index is -1.40. The lowest BCUT2D eigenvalue weighted by molar-refractivity contribution is -0.384. The molecule has 5 heteroatoms. The van der Waals surface area contributed by atoms with E-state index in [9.17, 15) is 15.2 Å². The van der Waals surface area contributed by atoms with E-state index in [0.717, 1.165) is 11.1 Å². The van der Waals surface area contributed by atoms with Gasteiger partial charge in [0.15, 0.2) is 5.72 Å². The van der Waals surface area contributed by atoms with Crippen molar-refractivity contribution in [1.29, 1.82) is 0 Å². The molecule has 0 bridgehead atoms. The van der Waals surface area contributed by atoms with E-state index in [1.807, 2.05) is 19.9 Å². The molecule has 0 aliphatic carbocycles. The number of aryl methyl sites for hydroxylation is 2. The maximum Gasteiger partial charge on any atom is 0.292 e. The molecule has 2 rings (SSSR count). The van der Waals surface area contributed by atoms with Crippen LogP contribution in [0.5, 0.6) is 0 Å². The van der Waals surface area contributed by atoms with Gasteiger partial charge in [-0.15, -0.1) is 0 Å². The van der Waals surface area contributed by atoms with Gasteiger partial charge in [0, 0.05) is 11.6 Å². The molecule has 0 radical (unpaired) electrons. The molecule has 0 spiro atoms. The summed E-state index contributed by atoms with van der Waals surface area (Å²) < 4.78 is 0. The van der Waals surface area contributed by atoms with E-state index in [1.54, 1.807) is 37.3 Å². The number of anilines is 1. The lowest BCUT2D eigenvalue weighted by Crippen LogP contribution is -2.31. The molecule has 0 amide bonds. The summed E-state index contributed by atoms with van der Waals surface area (Å²) in [6, 6.07) is 12.2. The van der Waals surface area contributed by atoms with Gasteiger partial charge >= 0.3 is 0 Å². The second kappa shape index (κ2) is 5.54. The van der Waals surface area contributed by atoms with Crippen LogP contribution in [0.4, 0.5) is 11.4 Å². The molecule has 21 heavy (non-hydrogen) atoms. The average molecular weight is 286 g/mol. The third-order valence-corrected chi connectivity index (χ3v) is 3.52. The van der Waals surface area contributed by atoms with Crippen molar-refractivity contribution in [1.82, 2.24) is 0 Å². The Labute approximate surface area is 123 Å². The van der Waals surface area contributed by atoms with Crippen molar-refractivity contribution in [2.24, 2.45) is 0 Å². The Kier molecular flexibility index (Phi) is 3.95. The van der Waals surface area contributed by atoms with Crippen molar-refractivity contribution in [3.63, 3.8) is 0 Å². The van der Waals surface area contributed by atoms with E-state index < -0.39 is 10.6 Å². The first-order chi connectivity index (χ1) is 9.81. The van der Waals surface area contributed by atoms with Gasteiger partial charge in [-0.05, 0) is 38.0 Å². The minimum absolute atomic E-state index is 0.0469. The highest BCUT2D eigenvalue weighted by Gasteiger charge is 2.26. The third kappa shape index (κ3) is 3.20. The smallest absolute Gasteiger partial charge is 0.292 e. The Morgan fingerprint density at radius 2 is 1.71 bits per heavy atom. The molecule has 1 atom stereocenters. The number of aliphatic hydroxyl groups is 1. The first kappa shape index (κ1) is 15.0. The molecule has 2 aromatic carbocycles. The van der Waals surface area contributed by atoms with Crippen molar-refractivity contribution < 1.29 is 10.0 Å². The zero-order valence-electron chi connectivity index (χ0n) is 12.3. The average Bonchev–Trinajstić information content (AvgIpc) is 2.43. The van der Waals surface area contributed by atoms with Crippen LogP contribution >= 0.6 is 0 Å². The largest absolute Gasteiger partial charge is 0.367 e. The molecule has 0 saturated heterocycles. The van der Waals surface area contributed by atoms with Gasteiger partial charge in [-0.2, -0.15) is 0 Å². The fraction of sp³-hybridized carbons (Fsp3) is 0.250. The van der Waals surface area contributed by atoms with Gasteiger partial charge in [-0.1, -0.05) is 30.3 Å². The fourth-order valence-electron chi connectivity index (χ4n) is 2.15. The summed E-state index contributed by atoms with van der Waals surface area (Å²) >= 11 is 0. The van der Waals surface area contributed by atoms with E-state index in [1.165, 1.54) is 6.07 Å². The zero-order chi connectivity index (χ0) is 15.6. The number of nitrogens with one attached hydrogen (secondary N) is 1. The molecular weight excluding hydrogens is 268 g/mol. The molecule has 2 N–H and O–H groups in total. The molecule has 2 aromatic rings. The summed E-state index contributed by atoms with van der Waals surface area (Å²) in [7, 11) is 0. The molecule has 0 aromatic heterocycles. The highest BCUT2D eigenvalue weighted by atomic mass is 16.6. The van der Waals surface area contributed by atoms with Gasteiger partial charge in [0.2, 0.25) is 0 Å². The number of hydrogen-bond acceptors (Lipinski definition) is 4. The Bertz CT molecular complexity index is 667. The highest BCUT2D eigenvalue weighted by molar-refractivity contribution is 5.65. The lowest BCUT2D eigenvalue weighted by Gasteiger charge is -2.26. The molecular formula is C16H18N2O3. The van der Waals surface area contributed by atoms with E-state index in [-0.39, 0.29) is 5.69 Å². The van der Waals surface area contributed by atoms with Crippen molar-refractivity contribution in [2.45, 2.75) is 26.5 Å². The predicted molar refractivity (Wildman–Crippen MR) is 82.2 cm³/mol. The van der Waals surface area contributed by atoms with Crippen LogP contribution in [0.15, 0.2) is 42.5 Å². The molecule has 0 saturated carbocycles. The molecule has 5 nitrogen and oxygen atoms in total. The summed E-state index contributed by atoms with van der Waals surface area (Å²) in [5.41, 5.74) is 1.26. The predicted octanol–water partition coefficient (Wildman–Crippen LogP) is 3.49. The van der Waals surface area contributed by atoms with Gasteiger partial charge < -0.3 is 10.4 Å². The second-order valence-electron chi connectivity index (χ2n) is 5.27. The normalized spacial score (nSPS) is 13.5. The maximum absolute atomic E-state index is 11.2. The first-order valence-electron chi connectivity index (χ1n) is 6.63. The topological polar surface area (TPSA) is 75.4 Å². The number of hydrogen-bond donors (Lipinski definition) is 2. The van der Waals surface area contributed by atoms with Crippen LogP contribution in [0.1, 0.15) is 23.6 Å². The number of rotatable bonds is 4. The van der Waals surface area contributed by atoms with Gasteiger partial charge in [0.1, 0.15) is 5.69 Å². The lowest BCUT2D eigenvalue weighted by atomic mass is 10.0. The molecule has 0 aliphatic rings. The second-order valence-corrected chi connectivity index (χ2v) is 5.27. The van der Waals surface area contributed by atoms with E-state index >= 15 is 0 Å². The summed E-state index contributed by atoms with van der Waals surface area (Å²) in [5, 5.41) is 24.6. The van der Waals surface area contributed by atoms with E-state index in [2.05, 4.69) is 5.32 Å². The van der Waals surface area contributed by atoms with Crippen LogP contribution in [0.25, 0.3) is 0 Å². The van der Waals surface area contributed by atoms with Crippen molar-refractivity contribution in [3.05, 3.63) is 69.3 Å². The SMILES string of the molecule is Cc1cc(NC(C)(O)c2ccccc2)c([N+](=O)[O-])cc1C. The molecule has 0 fully saturated rings. The van der Waals surface area contributed by atoms with Gasteiger partial charge in [-0.3, -0.25) is 10.1 Å². The quantitative estimate of drug-likeness (QED) is 0.512.